The molecule has 1 saturated heterocycles. The number of benzene rings is 5. The normalized spacial score (nSPS) is 17.4. The number of nitrogens with zero attached hydrogens (tertiary/aromatic N) is 4. The number of carbonyl (C=O) groups excluding carboxylic acids is 1. The Balaban J connectivity index is 1.06. The van der Waals surface area contributed by atoms with Crippen molar-refractivity contribution in [1.29, 1.82) is 0 Å². The summed E-state index contributed by atoms with van der Waals surface area (Å²) in [6, 6.07) is 43.3. The van der Waals surface area contributed by atoms with Crippen molar-refractivity contribution in [1.82, 2.24) is 25.5 Å². The van der Waals surface area contributed by atoms with Gasteiger partial charge in [0.05, 0.1) is 24.5 Å². The van der Waals surface area contributed by atoms with Crippen molar-refractivity contribution in [3.05, 3.63) is 161 Å². The minimum absolute atomic E-state index is 0.00941. The summed E-state index contributed by atoms with van der Waals surface area (Å²) in [4.78, 5) is 12.5. The van der Waals surface area contributed by atoms with E-state index in [1.165, 1.54) is 0 Å². The number of thioether (sulfide) groups is 1. The van der Waals surface area contributed by atoms with Gasteiger partial charge in [-0.15, -0.1) is 5.10 Å². The topological polar surface area (TPSA) is 111 Å². The van der Waals surface area contributed by atoms with Gasteiger partial charge in [-0.25, -0.2) is 0 Å². The van der Waals surface area contributed by atoms with Crippen LogP contribution in [-0.4, -0.2) is 43.1 Å². The maximum Gasteiger partial charge on any atom is 0.251 e. The van der Waals surface area contributed by atoms with Crippen molar-refractivity contribution >= 4 is 17.7 Å². The highest BCUT2D eigenvalue weighted by atomic mass is 32.2. The summed E-state index contributed by atoms with van der Waals surface area (Å²) in [6.45, 7) is 0.422. The zero-order chi connectivity index (χ0) is 33.4. The quantitative estimate of drug-likeness (QED) is 0.141. The van der Waals surface area contributed by atoms with Crippen LogP contribution in [0, 0.1) is 0 Å². The van der Waals surface area contributed by atoms with Crippen LogP contribution in [-0.2, 0) is 22.6 Å². The molecule has 1 amide bonds. The summed E-state index contributed by atoms with van der Waals surface area (Å²) in [6.07, 6.45) is -0.277. The molecule has 0 radical (unpaired) electrons. The van der Waals surface area contributed by atoms with Gasteiger partial charge in [0.15, 0.2) is 6.29 Å². The first-order chi connectivity index (χ1) is 24.1. The van der Waals surface area contributed by atoms with Crippen molar-refractivity contribution in [3.63, 3.8) is 0 Å². The van der Waals surface area contributed by atoms with Gasteiger partial charge in [0.1, 0.15) is 0 Å². The summed E-state index contributed by atoms with van der Waals surface area (Å²) in [7, 11) is 0. The lowest BCUT2D eigenvalue weighted by Gasteiger charge is -2.36. The molecule has 1 aliphatic rings. The number of amides is 1. The van der Waals surface area contributed by atoms with E-state index in [9.17, 15) is 9.90 Å². The maximum absolute atomic E-state index is 12.5. The number of nitrogens with one attached hydrogen (secondary N) is 1. The molecule has 0 spiro atoms. The predicted molar refractivity (Wildman–Crippen MR) is 188 cm³/mol. The fraction of sp³-hybridized carbons (Fsp3) is 0.179. The Morgan fingerprint density at radius 1 is 0.796 bits per heavy atom. The summed E-state index contributed by atoms with van der Waals surface area (Å²) >= 11 is 1.55. The fourth-order valence-corrected chi connectivity index (χ4v) is 6.67. The van der Waals surface area contributed by atoms with Gasteiger partial charge in [-0.3, -0.25) is 4.79 Å². The standard InChI is InChI=1S/C39H35N5O4S/c45-25-27-14-16-30(17-15-27)36-23-35(26-49-39-41-42-43-44(39)34-12-5-2-6-13-34)47-38(48-36)32-20-18-29(19-21-32)33-11-7-8-28(22-33)24-40-37(46)31-9-3-1-4-10-31/h1-22,35-36,38,45H,23-26H2,(H,40,46)/t35-,36+,38+/m0/s1. The molecular weight excluding hydrogens is 635 g/mol. The van der Waals surface area contributed by atoms with E-state index in [2.05, 4.69) is 45.1 Å². The van der Waals surface area contributed by atoms with Crippen LogP contribution in [0.2, 0.25) is 0 Å². The monoisotopic (exact) mass is 669 g/mol. The van der Waals surface area contributed by atoms with E-state index >= 15 is 0 Å². The second-order valence-corrected chi connectivity index (χ2v) is 12.7. The van der Waals surface area contributed by atoms with E-state index < -0.39 is 6.29 Å². The number of aliphatic hydroxyl groups excluding tert-OH is 1. The van der Waals surface area contributed by atoms with Gasteiger partial charge in [0.2, 0.25) is 5.16 Å². The summed E-state index contributed by atoms with van der Waals surface area (Å²) in [5.41, 5.74) is 7.44. The molecule has 0 bridgehead atoms. The molecule has 0 unspecified atom stereocenters. The molecule has 2 N–H and O–H groups in total. The SMILES string of the molecule is O=C(NCc1cccc(-c2ccc([C@@H]3O[C@H](CSc4nnnn4-c4ccccc4)C[C@H](c4ccc(CO)cc4)O3)cc2)c1)c1ccccc1. The van der Waals surface area contributed by atoms with Gasteiger partial charge in [0, 0.05) is 29.8 Å². The zero-order valence-corrected chi connectivity index (χ0v) is 27.4. The van der Waals surface area contributed by atoms with E-state index in [0.29, 0.717) is 29.4 Å². The fourth-order valence-electron chi connectivity index (χ4n) is 5.76. The molecule has 49 heavy (non-hydrogen) atoms. The molecule has 1 aliphatic heterocycles. The predicted octanol–water partition coefficient (Wildman–Crippen LogP) is 7.09. The van der Waals surface area contributed by atoms with Crippen LogP contribution >= 0.6 is 11.8 Å². The minimum Gasteiger partial charge on any atom is -0.392 e. The molecule has 9 nitrogen and oxygen atoms in total. The number of carbonyl (C=O) groups is 1. The Kier molecular flexibility index (Phi) is 10.2. The molecule has 246 valence electrons. The van der Waals surface area contributed by atoms with E-state index in [1.54, 1.807) is 28.6 Å². The lowest BCUT2D eigenvalue weighted by atomic mass is 9.99. The molecule has 0 saturated carbocycles. The van der Waals surface area contributed by atoms with Gasteiger partial charge in [-0.1, -0.05) is 115 Å². The van der Waals surface area contributed by atoms with Gasteiger partial charge in [-0.05, 0) is 68.6 Å². The van der Waals surface area contributed by atoms with Crippen molar-refractivity contribution in [2.75, 3.05) is 5.75 Å². The second kappa shape index (κ2) is 15.4. The van der Waals surface area contributed by atoms with Gasteiger partial charge in [-0.2, -0.15) is 4.68 Å². The Morgan fingerprint density at radius 3 is 2.29 bits per heavy atom. The Morgan fingerprint density at radius 2 is 1.53 bits per heavy atom. The first-order valence-electron chi connectivity index (χ1n) is 16.1. The van der Waals surface area contributed by atoms with E-state index in [-0.39, 0.29) is 24.7 Å². The first-order valence-corrected chi connectivity index (χ1v) is 17.1. The van der Waals surface area contributed by atoms with Crippen LogP contribution in [0.4, 0.5) is 0 Å². The summed E-state index contributed by atoms with van der Waals surface area (Å²) in [5.74, 6) is 0.529. The summed E-state index contributed by atoms with van der Waals surface area (Å²) < 4.78 is 14.9. The number of hydrogen-bond donors (Lipinski definition) is 2. The van der Waals surface area contributed by atoms with Crippen LogP contribution in [0.15, 0.2) is 139 Å². The average molecular weight is 670 g/mol. The maximum atomic E-state index is 12.5. The van der Waals surface area contributed by atoms with Crippen LogP contribution in [0.25, 0.3) is 16.8 Å². The number of rotatable bonds is 11. The molecule has 0 aliphatic carbocycles. The van der Waals surface area contributed by atoms with Crippen LogP contribution < -0.4 is 5.32 Å². The molecule has 7 rings (SSSR count). The Hall–Kier alpha value is -5.13. The third kappa shape index (κ3) is 7.96. The summed E-state index contributed by atoms with van der Waals surface area (Å²) in [5, 5.41) is 25.6. The third-order valence-corrected chi connectivity index (χ3v) is 9.44. The zero-order valence-electron chi connectivity index (χ0n) is 26.6. The van der Waals surface area contributed by atoms with E-state index in [1.807, 2.05) is 97.1 Å². The molecule has 3 atom stereocenters. The first kappa shape index (κ1) is 32.4. The molecule has 6 aromatic rings. The molecule has 2 heterocycles. The average Bonchev–Trinajstić information content (AvgIpc) is 3.66. The lowest BCUT2D eigenvalue weighted by Crippen LogP contribution is -2.31. The molecule has 5 aromatic carbocycles. The Bertz CT molecular complexity index is 1970. The number of hydrogen-bond acceptors (Lipinski definition) is 8. The highest BCUT2D eigenvalue weighted by molar-refractivity contribution is 7.99. The van der Waals surface area contributed by atoms with Crippen molar-refractivity contribution in [3.8, 4) is 16.8 Å². The van der Waals surface area contributed by atoms with Gasteiger partial charge < -0.3 is 19.9 Å². The molecule has 1 aromatic heterocycles. The van der Waals surface area contributed by atoms with E-state index in [0.717, 1.165) is 39.1 Å². The smallest absolute Gasteiger partial charge is 0.251 e. The molecule has 1 fully saturated rings. The van der Waals surface area contributed by atoms with Crippen molar-refractivity contribution in [2.24, 2.45) is 0 Å². The second-order valence-electron chi connectivity index (χ2n) is 11.7. The van der Waals surface area contributed by atoms with Crippen LogP contribution in [0.3, 0.4) is 0 Å². The number of ether oxygens (including phenoxy) is 2. The minimum atomic E-state index is -0.583. The van der Waals surface area contributed by atoms with Gasteiger partial charge >= 0.3 is 0 Å². The van der Waals surface area contributed by atoms with Crippen LogP contribution in [0.5, 0.6) is 0 Å². The highest BCUT2D eigenvalue weighted by Gasteiger charge is 2.32. The van der Waals surface area contributed by atoms with Crippen LogP contribution in [0.1, 0.15) is 51.4 Å². The van der Waals surface area contributed by atoms with Gasteiger partial charge in [0.25, 0.3) is 5.91 Å². The van der Waals surface area contributed by atoms with Crippen molar-refractivity contribution < 1.29 is 19.4 Å². The molecule has 10 heteroatoms. The number of para-hydroxylation sites is 1. The number of tetrazole rings is 1. The highest BCUT2D eigenvalue weighted by Crippen LogP contribution is 2.40. The third-order valence-electron chi connectivity index (χ3n) is 8.39. The van der Waals surface area contributed by atoms with Crippen molar-refractivity contribution in [2.45, 2.75) is 43.2 Å². The van der Waals surface area contributed by atoms with E-state index in [4.69, 9.17) is 9.47 Å². The Labute approximate surface area is 288 Å². The number of aliphatic hydroxyl groups is 1. The molecular formula is C39H35N5O4S. The number of aromatic nitrogens is 4. The largest absolute Gasteiger partial charge is 0.392 e. The lowest BCUT2D eigenvalue weighted by molar-refractivity contribution is -0.245.